The fraction of sp³-hybridized carbons (Fsp3) is 0.394. The number of rotatable bonds is 6. The Hall–Kier alpha value is -3.88. The van der Waals surface area contributed by atoms with E-state index in [0.29, 0.717) is 36.3 Å². The molecule has 5 nitrogen and oxygen atoms in total. The van der Waals surface area contributed by atoms with E-state index in [2.05, 4.69) is 5.32 Å². The lowest BCUT2D eigenvalue weighted by Gasteiger charge is -2.41. The largest absolute Gasteiger partial charge is 0.490 e. The summed E-state index contributed by atoms with van der Waals surface area (Å²) in [4.78, 5) is 29.1. The summed E-state index contributed by atoms with van der Waals surface area (Å²) in [6.45, 7) is 3.31. The molecule has 3 aromatic rings. The molecule has 42 heavy (non-hydrogen) atoms. The SMILES string of the molecule is Cc1ccc(NC(=O)[C@H]2CCCN(C(=O)c3c(C)cccc3F)C2c2ccc(OC3CCCC3)cc2)cc1C(F)(F)F. The molecule has 1 unspecified atom stereocenters. The molecular formula is C33H34F4N2O3. The van der Waals surface area contributed by atoms with Gasteiger partial charge in [0, 0.05) is 12.2 Å². The lowest BCUT2D eigenvalue weighted by Crippen LogP contribution is -2.46. The van der Waals surface area contributed by atoms with Crippen molar-refractivity contribution in [1.29, 1.82) is 0 Å². The summed E-state index contributed by atoms with van der Waals surface area (Å²) in [5, 5.41) is 2.66. The second kappa shape index (κ2) is 12.2. The molecule has 0 bridgehead atoms. The number of carbonyl (C=O) groups excluding carboxylic acids is 2. The van der Waals surface area contributed by atoms with E-state index in [1.165, 1.54) is 36.1 Å². The summed E-state index contributed by atoms with van der Waals surface area (Å²) in [5.74, 6) is -1.79. The zero-order valence-corrected chi connectivity index (χ0v) is 23.6. The second-order valence-electron chi connectivity index (χ2n) is 11.2. The van der Waals surface area contributed by atoms with Crippen LogP contribution in [0.5, 0.6) is 5.75 Å². The van der Waals surface area contributed by atoms with Gasteiger partial charge in [0.2, 0.25) is 5.91 Å². The second-order valence-corrected chi connectivity index (χ2v) is 11.2. The maximum absolute atomic E-state index is 14.9. The summed E-state index contributed by atoms with van der Waals surface area (Å²) >= 11 is 0. The third-order valence-corrected chi connectivity index (χ3v) is 8.30. The van der Waals surface area contributed by atoms with Crippen molar-refractivity contribution in [2.75, 3.05) is 11.9 Å². The van der Waals surface area contributed by atoms with E-state index in [9.17, 15) is 27.2 Å². The maximum atomic E-state index is 14.9. The van der Waals surface area contributed by atoms with Crippen molar-refractivity contribution >= 4 is 17.5 Å². The summed E-state index contributed by atoms with van der Waals surface area (Å²) in [7, 11) is 0. The van der Waals surface area contributed by atoms with Crippen LogP contribution in [-0.2, 0) is 11.0 Å². The Bertz CT molecular complexity index is 1430. The van der Waals surface area contributed by atoms with Crippen molar-refractivity contribution in [1.82, 2.24) is 4.90 Å². The minimum Gasteiger partial charge on any atom is -0.490 e. The van der Waals surface area contributed by atoms with Crippen LogP contribution in [0, 0.1) is 25.6 Å². The Labute approximate surface area is 242 Å². The van der Waals surface area contributed by atoms with E-state index in [1.807, 2.05) is 24.3 Å². The first kappa shape index (κ1) is 29.6. The summed E-state index contributed by atoms with van der Waals surface area (Å²) in [6, 6.07) is 14.6. The van der Waals surface area contributed by atoms with Gasteiger partial charge in [-0.3, -0.25) is 9.59 Å². The number of hydrogen-bond acceptors (Lipinski definition) is 3. The first-order valence-electron chi connectivity index (χ1n) is 14.3. The molecule has 1 N–H and O–H groups in total. The number of piperidine rings is 1. The number of likely N-dealkylation sites (tertiary alicyclic amines) is 1. The number of alkyl halides is 3. The molecule has 2 fully saturated rings. The van der Waals surface area contributed by atoms with Crippen LogP contribution in [0.4, 0.5) is 23.2 Å². The van der Waals surface area contributed by atoms with E-state index < -0.39 is 41.3 Å². The van der Waals surface area contributed by atoms with Crippen LogP contribution in [0.2, 0.25) is 0 Å². The molecule has 9 heteroatoms. The fourth-order valence-corrected chi connectivity index (χ4v) is 6.14. The lowest BCUT2D eigenvalue weighted by molar-refractivity contribution is -0.138. The van der Waals surface area contributed by atoms with Gasteiger partial charge in [-0.25, -0.2) is 4.39 Å². The Morgan fingerprint density at radius 2 is 1.62 bits per heavy atom. The summed E-state index contributed by atoms with van der Waals surface area (Å²) < 4.78 is 61.6. The number of ether oxygens (including phenoxy) is 1. The Balaban J connectivity index is 1.48. The van der Waals surface area contributed by atoms with Crippen molar-refractivity contribution in [2.24, 2.45) is 5.92 Å². The van der Waals surface area contributed by atoms with E-state index in [0.717, 1.165) is 31.7 Å². The topological polar surface area (TPSA) is 58.6 Å². The highest BCUT2D eigenvalue weighted by Crippen LogP contribution is 2.40. The molecule has 1 saturated carbocycles. The monoisotopic (exact) mass is 582 g/mol. The number of aryl methyl sites for hydroxylation is 2. The van der Waals surface area contributed by atoms with Gasteiger partial charge in [0.1, 0.15) is 11.6 Å². The Morgan fingerprint density at radius 1 is 0.905 bits per heavy atom. The molecule has 1 heterocycles. The van der Waals surface area contributed by atoms with Gasteiger partial charge < -0.3 is 15.0 Å². The molecule has 0 aromatic heterocycles. The molecule has 1 saturated heterocycles. The van der Waals surface area contributed by atoms with Crippen molar-refractivity contribution in [3.63, 3.8) is 0 Å². The van der Waals surface area contributed by atoms with E-state index >= 15 is 0 Å². The summed E-state index contributed by atoms with van der Waals surface area (Å²) in [5.41, 5.74) is 0.322. The number of hydrogen-bond donors (Lipinski definition) is 1. The lowest BCUT2D eigenvalue weighted by atomic mass is 9.83. The molecule has 2 amide bonds. The molecule has 0 spiro atoms. The number of anilines is 1. The van der Waals surface area contributed by atoms with Gasteiger partial charge >= 0.3 is 6.18 Å². The smallest absolute Gasteiger partial charge is 0.416 e. The zero-order valence-electron chi connectivity index (χ0n) is 23.6. The van der Waals surface area contributed by atoms with Crippen LogP contribution in [0.3, 0.4) is 0 Å². The number of amides is 2. The molecule has 2 atom stereocenters. The van der Waals surface area contributed by atoms with E-state index in [1.54, 1.807) is 13.0 Å². The van der Waals surface area contributed by atoms with E-state index in [4.69, 9.17) is 4.74 Å². The Morgan fingerprint density at radius 3 is 2.29 bits per heavy atom. The minimum absolute atomic E-state index is 0.0189. The minimum atomic E-state index is -4.57. The zero-order chi connectivity index (χ0) is 30.0. The molecule has 1 aliphatic carbocycles. The van der Waals surface area contributed by atoms with Crippen LogP contribution < -0.4 is 10.1 Å². The molecule has 2 aliphatic rings. The van der Waals surface area contributed by atoms with Gasteiger partial charge in [-0.1, -0.05) is 30.3 Å². The van der Waals surface area contributed by atoms with Gasteiger partial charge in [-0.2, -0.15) is 13.2 Å². The highest BCUT2D eigenvalue weighted by Gasteiger charge is 2.41. The van der Waals surface area contributed by atoms with Crippen LogP contribution >= 0.6 is 0 Å². The fourth-order valence-electron chi connectivity index (χ4n) is 6.14. The predicted molar refractivity (Wildman–Crippen MR) is 152 cm³/mol. The van der Waals surface area contributed by atoms with Crippen molar-refractivity contribution in [3.8, 4) is 5.75 Å². The number of benzene rings is 3. The third kappa shape index (κ3) is 6.30. The number of carbonyl (C=O) groups is 2. The van der Waals surface area contributed by atoms with Gasteiger partial charge in [0.15, 0.2) is 0 Å². The number of nitrogens with one attached hydrogen (secondary N) is 1. The normalized spacial score (nSPS) is 19.5. The van der Waals surface area contributed by atoms with Gasteiger partial charge in [-0.15, -0.1) is 0 Å². The molecular weight excluding hydrogens is 548 g/mol. The number of nitrogens with zero attached hydrogens (tertiary/aromatic N) is 1. The van der Waals surface area contributed by atoms with Gasteiger partial charge in [-0.05, 0) is 99.4 Å². The average Bonchev–Trinajstić information content (AvgIpc) is 3.46. The van der Waals surface area contributed by atoms with Crippen LogP contribution in [-0.4, -0.2) is 29.4 Å². The molecule has 3 aromatic carbocycles. The quantitative estimate of drug-likeness (QED) is 0.300. The highest BCUT2D eigenvalue weighted by atomic mass is 19.4. The first-order valence-corrected chi connectivity index (χ1v) is 14.3. The van der Waals surface area contributed by atoms with Crippen molar-refractivity contribution < 1.29 is 31.9 Å². The number of halogens is 4. The molecule has 222 valence electrons. The Kier molecular flexibility index (Phi) is 8.57. The van der Waals surface area contributed by atoms with Crippen molar-refractivity contribution in [3.05, 3.63) is 94.3 Å². The maximum Gasteiger partial charge on any atom is 0.416 e. The molecule has 0 radical (unpaired) electrons. The van der Waals surface area contributed by atoms with Crippen LogP contribution in [0.15, 0.2) is 60.7 Å². The van der Waals surface area contributed by atoms with Crippen molar-refractivity contribution in [2.45, 2.75) is 70.7 Å². The third-order valence-electron chi connectivity index (χ3n) is 8.30. The molecule has 1 aliphatic heterocycles. The molecule has 5 rings (SSSR count). The average molecular weight is 583 g/mol. The van der Waals surface area contributed by atoms with Gasteiger partial charge in [0.25, 0.3) is 5.91 Å². The van der Waals surface area contributed by atoms with E-state index in [-0.39, 0.29) is 22.9 Å². The first-order chi connectivity index (χ1) is 20.0. The standard InChI is InChI=1S/C33H34F4N2O3/c1-20-12-15-23(19-27(20)33(35,36)37)38-31(40)26-10-6-18-39(32(41)29-21(2)7-5-11-28(29)34)30(26)22-13-16-25(17-14-22)42-24-8-3-4-9-24/h5,7,11-17,19,24,26,30H,3-4,6,8-10,18H2,1-2H3,(H,38,40)/t26-,30?/m0/s1. The summed E-state index contributed by atoms with van der Waals surface area (Å²) in [6.07, 6.45) is 0.688. The van der Waals surface area contributed by atoms with Gasteiger partial charge in [0.05, 0.1) is 29.2 Å². The van der Waals surface area contributed by atoms with Crippen LogP contribution in [0.1, 0.15) is 77.2 Å². The van der Waals surface area contributed by atoms with Crippen LogP contribution in [0.25, 0.3) is 0 Å². The highest BCUT2D eigenvalue weighted by molar-refractivity contribution is 5.98. The predicted octanol–water partition coefficient (Wildman–Crippen LogP) is 8.01.